The van der Waals surface area contributed by atoms with Gasteiger partial charge in [0.05, 0.1) is 6.04 Å². The minimum absolute atomic E-state index is 0. The van der Waals surface area contributed by atoms with Crippen LogP contribution in [0.1, 0.15) is 13.3 Å². The van der Waals surface area contributed by atoms with Crippen molar-refractivity contribution in [1.29, 1.82) is 0 Å². The zero-order valence-corrected chi connectivity index (χ0v) is 14.4. The van der Waals surface area contributed by atoms with E-state index in [1.807, 2.05) is 0 Å². The Kier molecular flexibility index (Phi) is 6.94. The lowest BCUT2D eigenvalue weighted by atomic mass is 10.1. The van der Waals surface area contributed by atoms with Gasteiger partial charge >= 0.3 is 0 Å². The molecule has 1 aliphatic rings. The van der Waals surface area contributed by atoms with E-state index in [-0.39, 0.29) is 24.2 Å². The molecule has 0 bridgehead atoms. The summed E-state index contributed by atoms with van der Waals surface area (Å²) in [4.78, 5) is 13.4. The summed E-state index contributed by atoms with van der Waals surface area (Å²) in [5.41, 5.74) is 5.58. The summed E-state index contributed by atoms with van der Waals surface area (Å²) in [6, 6.07) is 4.10. The van der Waals surface area contributed by atoms with E-state index in [1.165, 1.54) is 19.1 Å². The van der Waals surface area contributed by atoms with E-state index < -0.39 is 26.8 Å². The fourth-order valence-corrected chi connectivity index (χ4v) is 3.78. The van der Waals surface area contributed by atoms with Gasteiger partial charge in [0.2, 0.25) is 15.9 Å². The van der Waals surface area contributed by atoms with E-state index in [1.54, 1.807) is 4.90 Å². The highest BCUT2D eigenvalue weighted by Crippen LogP contribution is 2.17. The third kappa shape index (κ3) is 4.63. The van der Waals surface area contributed by atoms with Crippen molar-refractivity contribution in [3.05, 3.63) is 30.1 Å². The van der Waals surface area contributed by atoms with Gasteiger partial charge < -0.3 is 10.6 Å². The normalized spacial score (nSPS) is 19.3. The third-order valence-corrected chi connectivity index (χ3v) is 5.33. The number of benzene rings is 1. The third-order valence-electron chi connectivity index (χ3n) is 3.76. The van der Waals surface area contributed by atoms with Gasteiger partial charge in [0.1, 0.15) is 10.7 Å². The number of carbonyl (C=O) groups excluding carboxylic acids is 1. The summed E-state index contributed by atoms with van der Waals surface area (Å²) in [7, 11) is -4.08. The fraction of sp³-hybridized carbons (Fsp3) is 0.500. The molecule has 1 aliphatic heterocycles. The smallest absolute Gasteiger partial charge is 0.244 e. The van der Waals surface area contributed by atoms with Crippen molar-refractivity contribution in [2.45, 2.75) is 24.3 Å². The molecule has 130 valence electrons. The maximum Gasteiger partial charge on any atom is 0.244 e. The summed E-state index contributed by atoms with van der Waals surface area (Å²) < 4.78 is 40.2. The van der Waals surface area contributed by atoms with Crippen molar-refractivity contribution in [3.8, 4) is 0 Å². The van der Waals surface area contributed by atoms with Crippen LogP contribution in [0.3, 0.4) is 0 Å². The summed E-state index contributed by atoms with van der Waals surface area (Å²) in [6.45, 7) is 3.04. The Balaban J connectivity index is 0.00000264. The average Bonchev–Trinajstić information content (AvgIpc) is 2.95. The number of likely N-dealkylation sites (tertiary alicyclic amines) is 1. The van der Waals surface area contributed by atoms with Gasteiger partial charge in [-0.3, -0.25) is 4.79 Å². The second kappa shape index (κ2) is 8.05. The van der Waals surface area contributed by atoms with E-state index in [9.17, 15) is 17.6 Å². The molecule has 6 nitrogen and oxygen atoms in total. The number of nitrogens with two attached hydrogens (primary N) is 1. The van der Waals surface area contributed by atoms with Gasteiger partial charge in [0, 0.05) is 13.1 Å². The standard InChI is InChI=1S/C14H20FN3O3S.ClH/c1-10(14(19)18-7-6-11(8-16)9-18)17-22(20,21)13-5-3-2-4-12(13)15;/h2-5,10-11,17H,6-9,16H2,1H3;1H. The van der Waals surface area contributed by atoms with Crippen molar-refractivity contribution in [3.63, 3.8) is 0 Å². The first-order valence-electron chi connectivity index (χ1n) is 7.11. The second-order valence-corrected chi connectivity index (χ2v) is 7.13. The Morgan fingerprint density at radius 1 is 1.48 bits per heavy atom. The van der Waals surface area contributed by atoms with Crippen molar-refractivity contribution in [1.82, 2.24) is 9.62 Å². The fourth-order valence-electron chi connectivity index (χ4n) is 2.51. The van der Waals surface area contributed by atoms with Crippen LogP contribution >= 0.6 is 12.4 Å². The number of halogens is 2. The van der Waals surface area contributed by atoms with Gasteiger partial charge in [-0.05, 0) is 37.9 Å². The van der Waals surface area contributed by atoms with Crippen molar-refractivity contribution < 1.29 is 17.6 Å². The molecule has 1 heterocycles. The zero-order chi connectivity index (χ0) is 16.3. The van der Waals surface area contributed by atoms with E-state index in [0.717, 1.165) is 18.6 Å². The molecule has 0 aromatic heterocycles. The number of sulfonamides is 1. The van der Waals surface area contributed by atoms with Crippen LogP contribution in [0, 0.1) is 11.7 Å². The summed E-state index contributed by atoms with van der Waals surface area (Å²) in [6.07, 6.45) is 0.815. The minimum Gasteiger partial charge on any atom is -0.341 e. The Bertz CT molecular complexity index is 656. The highest BCUT2D eigenvalue weighted by Gasteiger charge is 2.31. The molecule has 2 unspecified atom stereocenters. The first-order valence-corrected chi connectivity index (χ1v) is 8.59. The van der Waals surface area contributed by atoms with Crippen molar-refractivity contribution in [2.75, 3.05) is 19.6 Å². The molecule has 1 saturated heterocycles. The maximum absolute atomic E-state index is 13.6. The monoisotopic (exact) mass is 365 g/mol. The van der Waals surface area contributed by atoms with E-state index >= 15 is 0 Å². The van der Waals surface area contributed by atoms with Crippen molar-refractivity contribution in [2.24, 2.45) is 11.7 Å². The molecular formula is C14H21ClFN3O3S. The molecular weight excluding hydrogens is 345 g/mol. The average molecular weight is 366 g/mol. The predicted molar refractivity (Wildman–Crippen MR) is 87.2 cm³/mol. The van der Waals surface area contributed by atoms with Gasteiger partial charge in [-0.2, -0.15) is 4.72 Å². The number of nitrogens with one attached hydrogen (secondary N) is 1. The van der Waals surface area contributed by atoms with Crippen LogP contribution < -0.4 is 10.5 Å². The van der Waals surface area contributed by atoms with Gasteiger partial charge in [-0.25, -0.2) is 12.8 Å². The molecule has 1 aromatic rings. The van der Waals surface area contributed by atoms with Crippen molar-refractivity contribution >= 4 is 28.3 Å². The molecule has 2 atom stereocenters. The van der Waals surface area contributed by atoms with E-state index in [4.69, 9.17) is 5.73 Å². The second-order valence-electron chi connectivity index (χ2n) is 5.45. The lowest BCUT2D eigenvalue weighted by molar-refractivity contribution is -0.131. The lowest BCUT2D eigenvalue weighted by Gasteiger charge is -2.21. The molecule has 0 spiro atoms. The van der Waals surface area contributed by atoms with E-state index in [2.05, 4.69) is 4.72 Å². The van der Waals surface area contributed by atoms with Crippen LogP contribution in [0.2, 0.25) is 0 Å². The number of carbonyl (C=O) groups is 1. The molecule has 23 heavy (non-hydrogen) atoms. The molecule has 1 amide bonds. The summed E-state index contributed by atoms with van der Waals surface area (Å²) >= 11 is 0. The largest absolute Gasteiger partial charge is 0.341 e. The van der Waals surface area contributed by atoms with Gasteiger partial charge in [0.25, 0.3) is 0 Å². The number of hydrogen-bond acceptors (Lipinski definition) is 4. The van der Waals surface area contributed by atoms with Gasteiger partial charge in [-0.15, -0.1) is 12.4 Å². The molecule has 0 saturated carbocycles. The molecule has 9 heteroatoms. The molecule has 2 rings (SSSR count). The minimum atomic E-state index is -4.08. The highest BCUT2D eigenvalue weighted by molar-refractivity contribution is 7.89. The first kappa shape index (κ1) is 19.8. The van der Waals surface area contributed by atoms with E-state index in [0.29, 0.717) is 19.6 Å². The van der Waals surface area contributed by atoms with Crippen LogP contribution in [0.25, 0.3) is 0 Å². The van der Waals surface area contributed by atoms with Crippen LogP contribution in [-0.4, -0.2) is 44.9 Å². The SMILES string of the molecule is CC(NS(=O)(=O)c1ccccc1F)C(=O)N1CCC(CN)C1.Cl. The summed E-state index contributed by atoms with van der Waals surface area (Å²) in [5, 5.41) is 0. The molecule has 1 fully saturated rings. The molecule has 3 N–H and O–H groups in total. The molecule has 1 aromatic carbocycles. The first-order chi connectivity index (χ1) is 10.3. The quantitative estimate of drug-likeness (QED) is 0.804. The zero-order valence-electron chi connectivity index (χ0n) is 12.7. The van der Waals surface area contributed by atoms with Crippen LogP contribution in [0.4, 0.5) is 4.39 Å². The van der Waals surface area contributed by atoms with Crippen LogP contribution in [0.5, 0.6) is 0 Å². The number of hydrogen-bond donors (Lipinski definition) is 2. The Labute approximate surface area is 141 Å². The number of nitrogens with zero attached hydrogens (tertiary/aromatic N) is 1. The maximum atomic E-state index is 13.6. The Morgan fingerprint density at radius 2 is 2.13 bits per heavy atom. The lowest BCUT2D eigenvalue weighted by Crippen LogP contribution is -2.46. The Hall–Kier alpha value is -1.22. The molecule has 0 aliphatic carbocycles. The number of rotatable bonds is 5. The van der Waals surface area contributed by atoms with Crippen LogP contribution in [0.15, 0.2) is 29.2 Å². The topological polar surface area (TPSA) is 92.5 Å². The van der Waals surface area contributed by atoms with Crippen LogP contribution in [-0.2, 0) is 14.8 Å². The Morgan fingerprint density at radius 3 is 2.70 bits per heavy atom. The predicted octanol–water partition coefficient (Wildman–Crippen LogP) is 0.722. The highest BCUT2D eigenvalue weighted by atomic mass is 35.5. The van der Waals surface area contributed by atoms with Gasteiger partial charge in [-0.1, -0.05) is 12.1 Å². The molecule has 0 radical (unpaired) electrons. The number of amides is 1. The summed E-state index contributed by atoms with van der Waals surface area (Å²) in [5.74, 6) is -0.922. The van der Waals surface area contributed by atoms with Gasteiger partial charge in [0.15, 0.2) is 0 Å².